The molecular formula is C13H19NO4S. The van der Waals surface area contributed by atoms with E-state index in [0.717, 1.165) is 19.4 Å². The van der Waals surface area contributed by atoms with Crippen molar-refractivity contribution in [1.29, 1.82) is 0 Å². The van der Waals surface area contributed by atoms with Crippen LogP contribution in [0.5, 0.6) is 0 Å². The first-order valence-corrected chi connectivity index (χ1v) is 7.91. The summed E-state index contributed by atoms with van der Waals surface area (Å²) < 4.78 is 32.1. The largest absolute Gasteiger partial charge is 0.392 e. The van der Waals surface area contributed by atoms with E-state index in [-0.39, 0.29) is 17.6 Å². The fourth-order valence-electron chi connectivity index (χ4n) is 2.12. The molecule has 0 saturated carbocycles. The number of aliphatic hydroxyl groups excluding tert-OH is 1. The van der Waals surface area contributed by atoms with E-state index < -0.39 is 10.0 Å². The molecule has 0 bridgehead atoms. The molecule has 0 spiro atoms. The minimum Gasteiger partial charge on any atom is -0.392 e. The third-order valence-corrected chi connectivity index (χ3v) is 4.63. The van der Waals surface area contributed by atoms with Gasteiger partial charge >= 0.3 is 0 Å². The summed E-state index contributed by atoms with van der Waals surface area (Å²) in [4.78, 5) is 0.186. The quantitative estimate of drug-likeness (QED) is 0.818. The van der Waals surface area contributed by atoms with Crippen molar-refractivity contribution in [3.8, 4) is 0 Å². The molecule has 1 saturated heterocycles. The van der Waals surface area contributed by atoms with Crippen molar-refractivity contribution in [2.45, 2.75) is 36.9 Å². The Morgan fingerprint density at radius 2 is 2.26 bits per heavy atom. The van der Waals surface area contributed by atoms with Crippen LogP contribution in [0.25, 0.3) is 0 Å². The molecule has 2 rings (SSSR count). The Kier molecular flexibility index (Phi) is 4.93. The van der Waals surface area contributed by atoms with Gasteiger partial charge in [-0.1, -0.05) is 12.1 Å². The van der Waals surface area contributed by atoms with Crippen LogP contribution in [0.3, 0.4) is 0 Å². The lowest BCUT2D eigenvalue weighted by Crippen LogP contribution is -2.27. The van der Waals surface area contributed by atoms with E-state index in [4.69, 9.17) is 9.84 Å². The lowest BCUT2D eigenvalue weighted by molar-refractivity contribution is 0.105. The Hall–Kier alpha value is -0.950. The van der Waals surface area contributed by atoms with Crippen LogP contribution in [-0.2, 0) is 21.4 Å². The summed E-state index contributed by atoms with van der Waals surface area (Å²) in [7, 11) is -3.50. The molecule has 2 N–H and O–H groups in total. The minimum atomic E-state index is -3.50. The highest BCUT2D eigenvalue weighted by atomic mass is 32.2. The zero-order chi connectivity index (χ0) is 13.7. The number of aliphatic hydroxyl groups is 1. The molecule has 106 valence electrons. The molecule has 0 aliphatic carbocycles. The number of ether oxygens (including phenoxy) is 1. The van der Waals surface area contributed by atoms with Crippen molar-refractivity contribution < 1.29 is 18.3 Å². The van der Waals surface area contributed by atoms with Crippen LogP contribution < -0.4 is 4.72 Å². The topological polar surface area (TPSA) is 75.6 Å². The van der Waals surface area contributed by atoms with E-state index in [9.17, 15) is 8.42 Å². The van der Waals surface area contributed by atoms with Gasteiger partial charge in [0.2, 0.25) is 10.0 Å². The average molecular weight is 285 g/mol. The summed E-state index contributed by atoms with van der Waals surface area (Å²) in [5, 5.41) is 9.02. The molecular weight excluding hydrogens is 266 g/mol. The van der Waals surface area contributed by atoms with E-state index >= 15 is 0 Å². The summed E-state index contributed by atoms with van der Waals surface area (Å²) >= 11 is 0. The molecule has 1 aliphatic rings. The van der Waals surface area contributed by atoms with Gasteiger partial charge in [0.1, 0.15) is 0 Å². The van der Waals surface area contributed by atoms with Crippen LogP contribution in [0.15, 0.2) is 29.2 Å². The first-order chi connectivity index (χ1) is 9.12. The van der Waals surface area contributed by atoms with Crippen molar-refractivity contribution in [2.75, 3.05) is 13.2 Å². The SMILES string of the molecule is O=S(=O)(NCCC1CCCO1)c1cccc(CO)c1. The second-order valence-electron chi connectivity index (χ2n) is 4.63. The standard InChI is InChI=1S/C13H19NO4S/c15-10-11-3-1-5-13(9-11)19(16,17)14-7-6-12-4-2-8-18-12/h1,3,5,9,12,14-15H,2,4,6-8,10H2. The molecule has 5 nitrogen and oxygen atoms in total. The predicted octanol–water partition coefficient (Wildman–Crippen LogP) is 1.03. The van der Waals surface area contributed by atoms with E-state index in [1.165, 1.54) is 12.1 Å². The van der Waals surface area contributed by atoms with Gasteiger partial charge in [-0.15, -0.1) is 0 Å². The predicted molar refractivity (Wildman–Crippen MR) is 71.1 cm³/mol. The fraction of sp³-hybridized carbons (Fsp3) is 0.538. The zero-order valence-corrected chi connectivity index (χ0v) is 11.5. The highest BCUT2D eigenvalue weighted by molar-refractivity contribution is 7.89. The van der Waals surface area contributed by atoms with Crippen LogP contribution in [-0.4, -0.2) is 32.8 Å². The summed E-state index contributed by atoms with van der Waals surface area (Å²) in [6.45, 7) is 0.978. The molecule has 1 fully saturated rings. The second-order valence-corrected chi connectivity index (χ2v) is 6.39. The number of nitrogens with one attached hydrogen (secondary N) is 1. The first-order valence-electron chi connectivity index (χ1n) is 6.43. The van der Waals surface area contributed by atoms with Gasteiger partial charge in [-0.2, -0.15) is 0 Å². The van der Waals surface area contributed by atoms with E-state index in [2.05, 4.69) is 4.72 Å². The molecule has 0 amide bonds. The molecule has 0 aromatic heterocycles. The second kappa shape index (κ2) is 6.47. The van der Waals surface area contributed by atoms with Crippen molar-refractivity contribution in [1.82, 2.24) is 4.72 Å². The molecule has 1 heterocycles. The van der Waals surface area contributed by atoms with Gasteiger partial charge in [0.15, 0.2) is 0 Å². The van der Waals surface area contributed by atoms with Gasteiger partial charge < -0.3 is 9.84 Å². The van der Waals surface area contributed by atoms with Crippen LogP contribution in [0, 0.1) is 0 Å². The van der Waals surface area contributed by atoms with Gasteiger partial charge in [-0.05, 0) is 37.0 Å². The van der Waals surface area contributed by atoms with E-state index in [0.29, 0.717) is 18.5 Å². The number of sulfonamides is 1. The summed E-state index contributed by atoms with van der Waals surface area (Å²) in [6, 6.07) is 6.31. The summed E-state index contributed by atoms with van der Waals surface area (Å²) in [5.41, 5.74) is 0.585. The molecule has 0 radical (unpaired) electrons. The lowest BCUT2D eigenvalue weighted by atomic mass is 10.2. The first kappa shape index (κ1) is 14.5. The zero-order valence-electron chi connectivity index (χ0n) is 10.7. The number of benzene rings is 1. The van der Waals surface area contributed by atoms with Crippen LogP contribution in [0.1, 0.15) is 24.8 Å². The molecule has 1 aromatic rings. The Labute approximate surface area is 113 Å². The van der Waals surface area contributed by atoms with Crippen molar-refractivity contribution in [3.05, 3.63) is 29.8 Å². The minimum absolute atomic E-state index is 0.167. The lowest BCUT2D eigenvalue weighted by Gasteiger charge is -2.11. The Morgan fingerprint density at radius 3 is 2.95 bits per heavy atom. The van der Waals surface area contributed by atoms with Crippen LogP contribution in [0.2, 0.25) is 0 Å². The third-order valence-electron chi connectivity index (χ3n) is 3.17. The molecule has 1 aromatic carbocycles. The van der Waals surface area contributed by atoms with Crippen molar-refractivity contribution in [2.24, 2.45) is 0 Å². The maximum Gasteiger partial charge on any atom is 0.240 e. The number of hydrogen-bond donors (Lipinski definition) is 2. The maximum atomic E-state index is 12.0. The molecule has 19 heavy (non-hydrogen) atoms. The van der Waals surface area contributed by atoms with Crippen molar-refractivity contribution in [3.63, 3.8) is 0 Å². The van der Waals surface area contributed by atoms with Gasteiger partial charge in [0, 0.05) is 13.2 Å². The summed E-state index contributed by atoms with van der Waals surface area (Å²) in [5.74, 6) is 0. The molecule has 1 atom stereocenters. The Morgan fingerprint density at radius 1 is 1.42 bits per heavy atom. The molecule has 1 aliphatic heterocycles. The van der Waals surface area contributed by atoms with Gasteiger partial charge in [-0.25, -0.2) is 13.1 Å². The molecule has 1 unspecified atom stereocenters. The van der Waals surface area contributed by atoms with Gasteiger partial charge in [0.25, 0.3) is 0 Å². The van der Waals surface area contributed by atoms with Gasteiger partial charge in [-0.3, -0.25) is 0 Å². The van der Waals surface area contributed by atoms with Crippen LogP contribution >= 0.6 is 0 Å². The maximum absolute atomic E-state index is 12.0. The third kappa shape index (κ3) is 4.01. The Bertz CT molecular complexity index is 509. The van der Waals surface area contributed by atoms with E-state index in [1.807, 2.05) is 0 Å². The Balaban J connectivity index is 1.93. The number of rotatable bonds is 6. The summed E-state index contributed by atoms with van der Waals surface area (Å²) in [6.07, 6.45) is 2.92. The fourth-order valence-corrected chi connectivity index (χ4v) is 3.24. The van der Waals surface area contributed by atoms with E-state index in [1.54, 1.807) is 12.1 Å². The smallest absolute Gasteiger partial charge is 0.240 e. The highest BCUT2D eigenvalue weighted by Crippen LogP contribution is 2.15. The molecule has 6 heteroatoms. The normalized spacial score (nSPS) is 19.7. The number of hydrogen-bond acceptors (Lipinski definition) is 4. The monoisotopic (exact) mass is 285 g/mol. The van der Waals surface area contributed by atoms with Crippen molar-refractivity contribution >= 4 is 10.0 Å². The highest BCUT2D eigenvalue weighted by Gasteiger charge is 2.18. The van der Waals surface area contributed by atoms with Crippen LogP contribution in [0.4, 0.5) is 0 Å². The van der Waals surface area contributed by atoms with Gasteiger partial charge in [0.05, 0.1) is 17.6 Å². The average Bonchev–Trinajstić information content (AvgIpc) is 2.92.